The van der Waals surface area contributed by atoms with Crippen LogP contribution in [0.5, 0.6) is 5.88 Å². The summed E-state index contributed by atoms with van der Waals surface area (Å²) in [6.07, 6.45) is 13.8. The number of nitrogens with one attached hydrogen (secondary N) is 1. The van der Waals surface area contributed by atoms with E-state index in [4.69, 9.17) is 9.26 Å². The van der Waals surface area contributed by atoms with Gasteiger partial charge >= 0.3 is 0 Å². The maximum absolute atomic E-state index is 6.01. The molecule has 0 radical (unpaired) electrons. The number of aromatic nitrogens is 5. The monoisotopic (exact) mass is 394 g/mol. The van der Waals surface area contributed by atoms with Crippen molar-refractivity contribution in [1.82, 2.24) is 30.0 Å². The van der Waals surface area contributed by atoms with E-state index in [9.17, 15) is 0 Å². The Labute approximate surface area is 169 Å². The normalized spacial score (nSPS) is 20.9. The van der Waals surface area contributed by atoms with Crippen LogP contribution in [0.1, 0.15) is 62.7 Å². The molecule has 1 unspecified atom stereocenters. The lowest BCUT2D eigenvalue weighted by Gasteiger charge is -2.22. The Morgan fingerprint density at radius 1 is 1.10 bits per heavy atom. The molecular formula is C21H26N6O2. The molecule has 1 aliphatic heterocycles. The summed E-state index contributed by atoms with van der Waals surface area (Å²) in [4.78, 5) is 18.9. The predicted molar refractivity (Wildman–Crippen MR) is 106 cm³/mol. The fourth-order valence-electron chi connectivity index (χ4n) is 4.30. The van der Waals surface area contributed by atoms with Gasteiger partial charge in [0.05, 0.1) is 12.6 Å². The Morgan fingerprint density at radius 2 is 2.03 bits per heavy atom. The van der Waals surface area contributed by atoms with Gasteiger partial charge in [0.1, 0.15) is 11.9 Å². The van der Waals surface area contributed by atoms with E-state index >= 15 is 0 Å². The van der Waals surface area contributed by atoms with Crippen molar-refractivity contribution in [3.63, 3.8) is 0 Å². The van der Waals surface area contributed by atoms with Gasteiger partial charge < -0.3 is 14.2 Å². The Bertz CT molecular complexity index is 902. The summed E-state index contributed by atoms with van der Waals surface area (Å²) in [5, 5.41) is 4.19. The van der Waals surface area contributed by atoms with Crippen LogP contribution >= 0.6 is 0 Å². The average Bonchev–Trinajstić information content (AvgIpc) is 3.52. The minimum Gasteiger partial charge on any atom is -0.474 e. The molecule has 29 heavy (non-hydrogen) atoms. The van der Waals surface area contributed by atoms with Crippen molar-refractivity contribution in [2.24, 2.45) is 0 Å². The van der Waals surface area contributed by atoms with E-state index in [1.54, 1.807) is 12.4 Å². The number of nitrogens with zero attached hydrogens (tertiary/aromatic N) is 5. The summed E-state index contributed by atoms with van der Waals surface area (Å²) in [5.74, 6) is 2.85. The van der Waals surface area contributed by atoms with E-state index in [-0.39, 0.29) is 6.04 Å². The lowest BCUT2D eigenvalue weighted by atomic mass is 9.98. The lowest BCUT2D eigenvalue weighted by molar-refractivity contribution is 0.148. The van der Waals surface area contributed by atoms with E-state index in [1.165, 1.54) is 19.3 Å². The number of hydrogen-bond acceptors (Lipinski definition) is 7. The molecule has 2 fully saturated rings. The maximum Gasteiger partial charge on any atom is 0.244 e. The van der Waals surface area contributed by atoms with Crippen LogP contribution in [0, 0.1) is 0 Å². The zero-order valence-corrected chi connectivity index (χ0v) is 16.5. The summed E-state index contributed by atoms with van der Waals surface area (Å²) in [6.45, 7) is 1.75. The molecule has 1 aliphatic carbocycles. The van der Waals surface area contributed by atoms with Crippen molar-refractivity contribution in [2.75, 3.05) is 6.54 Å². The largest absolute Gasteiger partial charge is 0.474 e. The quantitative estimate of drug-likeness (QED) is 0.677. The Hall–Kier alpha value is -2.74. The average molecular weight is 394 g/mol. The molecule has 8 heteroatoms. The minimum atomic E-state index is 0.128. The SMILES string of the molecule is c1c[nH]c(CN2CCCC2c2nc(-c3ccc(OC4CCCCC4)nc3)no2)n1. The molecule has 1 saturated carbocycles. The van der Waals surface area contributed by atoms with Crippen LogP contribution in [0.3, 0.4) is 0 Å². The van der Waals surface area contributed by atoms with Crippen LogP contribution in [0.4, 0.5) is 0 Å². The molecule has 1 saturated heterocycles. The first-order chi connectivity index (χ1) is 14.3. The number of ether oxygens (including phenoxy) is 1. The lowest BCUT2D eigenvalue weighted by Crippen LogP contribution is -2.23. The molecule has 0 bridgehead atoms. The molecule has 0 spiro atoms. The Morgan fingerprint density at radius 3 is 2.83 bits per heavy atom. The minimum absolute atomic E-state index is 0.128. The number of rotatable bonds is 6. The van der Waals surface area contributed by atoms with Crippen LogP contribution < -0.4 is 4.74 Å². The topological polar surface area (TPSA) is 93.0 Å². The van der Waals surface area contributed by atoms with Crippen molar-refractivity contribution >= 4 is 0 Å². The van der Waals surface area contributed by atoms with Crippen molar-refractivity contribution in [1.29, 1.82) is 0 Å². The zero-order chi connectivity index (χ0) is 19.5. The van der Waals surface area contributed by atoms with Gasteiger partial charge in [0.2, 0.25) is 17.6 Å². The molecule has 8 nitrogen and oxygen atoms in total. The highest BCUT2D eigenvalue weighted by molar-refractivity contribution is 5.53. The maximum atomic E-state index is 6.01. The number of likely N-dealkylation sites (tertiary alicyclic amines) is 1. The Kier molecular flexibility index (Phi) is 5.25. The van der Waals surface area contributed by atoms with Gasteiger partial charge in [-0.05, 0) is 51.1 Å². The molecule has 3 aromatic heterocycles. The highest BCUT2D eigenvalue weighted by atomic mass is 16.5. The number of pyridine rings is 1. The third kappa shape index (κ3) is 4.17. The van der Waals surface area contributed by atoms with Gasteiger partial charge in [0.25, 0.3) is 0 Å². The second-order valence-electron chi connectivity index (χ2n) is 7.88. The van der Waals surface area contributed by atoms with Crippen LogP contribution in [0.2, 0.25) is 0 Å². The Balaban J connectivity index is 1.25. The van der Waals surface area contributed by atoms with Crippen molar-refractivity contribution in [3.05, 3.63) is 42.4 Å². The molecule has 1 atom stereocenters. The van der Waals surface area contributed by atoms with Crippen molar-refractivity contribution < 1.29 is 9.26 Å². The van der Waals surface area contributed by atoms with Gasteiger partial charge in [-0.15, -0.1) is 0 Å². The van der Waals surface area contributed by atoms with Crippen LogP contribution in [-0.4, -0.2) is 42.6 Å². The number of hydrogen-bond donors (Lipinski definition) is 1. The van der Waals surface area contributed by atoms with E-state index in [0.717, 1.165) is 50.2 Å². The van der Waals surface area contributed by atoms with E-state index in [0.29, 0.717) is 23.7 Å². The van der Waals surface area contributed by atoms with Gasteiger partial charge in [-0.1, -0.05) is 11.6 Å². The summed E-state index contributed by atoms with van der Waals surface area (Å²) in [5.41, 5.74) is 0.839. The molecular weight excluding hydrogens is 368 g/mol. The van der Waals surface area contributed by atoms with Crippen LogP contribution in [0.15, 0.2) is 35.2 Å². The van der Waals surface area contributed by atoms with E-state index in [2.05, 4.69) is 30.0 Å². The molecule has 0 aromatic carbocycles. The van der Waals surface area contributed by atoms with E-state index in [1.807, 2.05) is 18.3 Å². The second-order valence-corrected chi connectivity index (χ2v) is 7.88. The molecule has 1 N–H and O–H groups in total. The van der Waals surface area contributed by atoms with Gasteiger partial charge in [-0.25, -0.2) is 9.97 Å². The smallest absolute Gasteiger partial charge is 0.244 e. The zero-order valence-electron chi connectivity index (χ0n) is 16.5. The number of imidazole rings is 1. The predicted octanol–water partition coefficient (Wildman–Crippen LogP) is 3.90. The van der Waals surface area contributed by atoms with Gasteiger partial charge in [0, 0.05) is 30.2 Å². The van der Waals surface area contributed by atoms with Gasteiger partial charge in [-0.2, -0.15) is 4.98 Å². The number of aromatic amines is 1. The third-order valence-electron chi connectivity index (χ3n) is 5.83. The second kappa shape index (κ2) is 8.32. The summed E-state index contributed by atoms with van der Waals surface area (Å²) >= 11 is 0. The van der Waals surface area contributed by atoms with Crippen LogP contribution in [-0.2, 0) is 6.54 Å². The molecule has 2 aliphatic rings. The van der Waals surface area contributed by atoms with Crippen LogP contribution in [0.25, 0.3) is 11.4 Å². The molecule has 152 valence electrons. The van der Waals surface area contributed by atoms with E-state index < -0.39 is 0 Å². The third-order valence-corrected chi connectivity index (χ3v) is 5.83. The molecule has 4 heterocycles. The summed E-state index contributed by atoms with van der Waals surface area (Å²) in [7, 11) is 0. The number of H-pyrrole nitrogens is 1. The molecule has 0 amide bonds. The first-order valence-electron chi connectivity index (χ1n) is 10.5. The molecule has 5 rings (SSSR count). The van der Waals surface area contributed by atoms with Crippen molar-refractivity contribution in [2.45, 2.75) is 63.6 Å². The van der Waals surface area contributed by atoms with Gasteiger partial charge in [0.15, 0.2) is 0 Å². The fraction of sp³-hybridized carbons (Fsp3) is 0.524. The first kappa shape index (κ1) is 18.3. The fourth-order valence-corrected chi connectivity index (χ4v) is 4.30. The standard InChI is InChI=1S/C21H26N6O2/c1-2-5-16(6-3-1)28-19-9-8-15(13-24-19)20-25-21(29-26-20)17-7-4-12-27(17)14-18-22-10-11-23-18/h8-11,13,16-17H,1-7,12,14H2,(H,22,23). The first-order valence-corrected chi connectivity index (χ1v) is 10.5. The molecule has 3 aromatic rings. The summed E-state index contributed by atoms with van der Waals surface area (Å²) < 4.78 is 11.6. The highest BCUT2D eigenvalue weighted by Crippen LogP contribution is 2.33. The van der Waals surface area contributed by atoms with Gasteiger partial charge in [-0.3, -0.25) is 4.90 Å². The summed E-state index contributed by atoms with van der Waals surface area (Å²) in [6, 6.07) is 3.98. The van der Waals surface area contributed by atoms with Crippen molar-refractivity contribution in [3.8, 4) is 17.3 Å². The highest BCUT2D eigenvalue weighted by Gasteiger charge is 2.31.